The Morgan fingerprint density at radius 3 is 2.40 bits per heavy atom. The molecule has 0 fully saturated rings. The zero-order valence-corrected chi connectivity index (χ0v) is 10.3. The van der Waals surface area contributed by atoms with Gasteiger partial charge in [-0.25, -0.2) is 4.79 Å². The molecule has 0 rings (SSSR count). The molecule has 0 aliphatic heterocycles. The van der Waals surface area contributed by atoms with E-state index in [1.807, 2.05) is 6.92 Å². The van der Waals surface area contributed by atoms with E-state index in [0.717, 1.165) is 12.8 Å². The van der Waals surface area contributed by atoms with Crippen molar-refractivity contribution in [1.82, 2.24) is 10.2 Å². The van der Waals surface area contributed by atoms with Crippen LogP contribution >= 0.6 is 0 Å². The van der Waals surface area contributed by atoms with Gasteiger partial charge in [0.05, 0.1) is 12.1 Å². The second-order valence-electron chi connectivity index (χ2n) is 4.41. The molecule has 2 amide bonds. The molecule has 90 valence electrons. The molecule has 0 radical (unpaired) electrons. The van der Waals surface area contributed by atoms with Gasteiger partial charge in [-0.15, -0.1) is 0 Å². The number of hydrogen-bond donors (Lipinski definition) is 2. The Bertz CT molecular complexity index is 188. The van der Waals surface area contributed by atoms with Gasteiger partial charge in [-0.05, 0) is 27.2 Å². The number of carbonyl (C=O) groups is 1. The topological polar surface area (TPSA) is 52.6 Å². The molecule has 0 aromatic carbocycles. The standard InChI is InChI=1S/C11H24N2O2/c1-5-7-8-12-10(14)13(6-2)9-11(3,4)15/h15H,5-9H2,1-4H3,(H,12,14). The maximum absolute atomic E-state index is 11.6. The fourth-order valence-electron chi connectivity index (χ4n) is 1.28. The van der Waals surface area contributed by atoms with Crippen LogP contribution in [0.4, 0.5) is 4.79 Å². The smallest absolute Gasteiger partial charge is 0.317 e. The zero-order chi connectivity index (χ0) is 11.9. The van der Waals surface area contributed by atoms with Gasteiger partial charge in [-0.1, -0.05) is 13.3 Å². The minimum Gasteiger partial charge on any atom is -0.389 e. The van der Waals surface area contributed by atoms with Crippen molar-refractivity contribution in [2.45, 2.75) is 46.1 Å². The van der Waals surface area contributed by atoms with E-state index in [1.165, 1.54) is 0 Å². The predicted octanol–water partition coefficient (Wildman–Crippen LogP) is 1.59. The summed E-state index contributed by atoms with van der Waals surface area (Å²) in [5, 5.41) is 12.5. The number of unbranched alkanes of at least 4 members (excludes halogenated alkanes) is 1. The summed E-state index contributed by atoms with van der Waals surface area (Å²) in [5.74, 6) is 0. The first-order chi connectivity index (χ1) is 6.90. The van der Waals surface area contributed by atoms with Gasteiger partial charge in [0.1, 0.15) is 0 Å². The lowest BCUT2D eigenvalue weighted by atomic mass is 10.1. The first-order valence-corrected chi connectivity index (χ1v) is 5.66. The molecular formula is C11H24N2O2. The van der Waals surface area contributed by atoms with Crippen LogP contribution in [0.1, 0.15) is 40.5 Å². The highest BCUT2D eigenvalue weighted by Crippen LogP contribution is 2.04. The van der Waals surface area contributed by atoms with Crippen molar-refractivity contribution < 1.29 is 9.90 Å². The van der Waals surface area contributed by atoms with Gasteiger partial charge in [0.25, 0.3) is 0 Å². The summed E-state index contributed by atoms with van der Waals surface area (Å²) >= 11 is 0. The van der Waals surface area contributed by atoms with Crippen LogP contribution in [0.5, 0.6) is 0 Å². The number of rotatable bonds is 6. The van der Waals surface area contributed by atoms with E-state index in [2.05, 4.69) is 12.2 Å². The SMILES string of the molecule is CCCCNC(=O)N(CC)CC(C)(C)O. The number of nitrogens with zero attached hydrogens (tertiary/aromatic N) is 1. The highest BCUT2D eigenvalue weighted by molar-refractivity contribution is 5.74. The molecule has 4 heteroatoms. The molecule has 0 saturated heterocycles. The number of carbonyl (C=O) groups excluding carboxylic acids is 1. The fourth-order valence-corrected chi connectivity index (χ4v) is 1.28. The van der Waals surface area contributed by atoms with Crippen molar-refractivity contribution in [3.05, 3.63) is 0 Å². The van der Waals surface area contributed by atoms with Crippen LogP contribution in [-0.4, -0.2) is 41.3 Å². The Labute approximate surface area is 92.7 Å². The van der Waals surface area contributed by atoms with Crippen molar-refractivity contribution >= 4 is 6.03 Å². The van der Waals surface area contributed by atoms with Crippen LogP contribution in [0.2, 0.25) is 0 Å². The summed E-state index contributed by atoms with van der Waals surface area (Å²) in [5.41, 5.74) is -0.835. The Morgan fingerprint density at radius 1 is 1.40 bits per heavy atom. The number of amides is 2. The van der Waals surface area contributed by atoms with Crippen molar-refractivity contribution in [2.24, 2.45) is 0 Å². The first-order valence-electron chi connectivity index (χ1n) is 5.66. The molecule has 0 bridgehead atoms. The molecule has 2 N–H and O–H groups in total. The van der Waals surface area contributed by atoms with E-state index in [1.54, 1.807) is 18.7 Å². The molecule has 4 nitrogen and oxygen atoms in total. The van der Waals surface area contributed by atoms with Gasteiger partial charge < -0.3 is 15.3 Å². The summed E-state index contributed by atoms with van der Waals surface area (Å²) in [7, 11) is 0. The Kier molecular flexibility index (Phi) is 6.32. The van der Waals surface area contributed by atoms with Crippen LogP contribution < -0.4 is 5.32 Å². The van der Waals surface area contributed by atoms with Crippen LogP contribution in [0.25, 0.3) is 0 Å². The molecule has 0 heterocycles. The third-order valence-corrected chi connectivity index (χ3v) is 2.05. The van der Waals surface area contributed by atoms with Gasteiger partial charge >= 0.3 is 6.03 Å². The minimum absolute atomic E-state index is 0.0897. The fraction of sp³-hybridized carbons (Fsp3) is 0.909. The monoisotopic (exact) mass is 216 g/mol. The summed E-state index contributed by atoms with van der Waals surface area (Å²) in [6, 6.07) is -0.0897. The van der Waals surface area contributed by atoms with Gasteiger partial charge in [0.15, 0.2) is 0 Å². The second-order valence-corrected chi connectivity index (χ2v) is 4.41. The number of nitrogens with one attached hydrogen (secondary N) is 1. The van der Waals surface area contributed by atoms with Crippen molar-refractivity contribution in [2.75, 3.05) is 19.6 Å². The lowest BCUT2D eigenvalue weighted by Gasteiger charge is -2.28. The number of aliphatic hydroxyl groups is 1. The average molecular weight is 216 g/mol. The molecule has 15 heavy (non-hydrogen) atoms. The molecule has 0 aromatic heterocycles. The molecule has 0 aliphatic rings. The lowest BCUT2D eigenvalue weighted by Crippen LogP contribution is -2.46. The normalized spacial score (nSPS) is 11.3. The maximum Gasteiger partial charge on any atom is 0.317 e. The maximum atomic E-state index is 11.6. The van der Waals surface area contributed by atoms with Gasteiger partial charge in [0.2, 0.25) is 0 Å². The molecule has 0 spiro atoms. The number of urea groups is 1. The van der Waals surface area contributed by atoms with Crippen LogP contribution in [0.3, 0.4) is 0 Å². The largest absolute Gasteiger partial charge is 0.389 e. The summed E-state index contributed by atoms with van der Waals surface area (Å²) in [6.45, 7) is 9.08. The highest BCUT2D eigenvalue weighted by atomic mass is 16.3. The zero-order valence-electron chi connectivity index (χ0n) is 10.3. The minimum atomic E-state index is -0.835. The molecule has 0 aromatic rings. The van der Waals surface area contributed by atoms with Crippen molar-refractivity contribution in [3.8, 4) is 0 Å². The van der Waals surface area contributed by atoms with Crippen molar-refractivity contribution in [1.29, 1.82) is 0 Å². The molecule has 0 saturated carbocycles. The van der Waals surface area contributed by atoms with E-state index in [9.17, 15) is 9.90 Å². The Hall–Kier alpha value is -0.770. The van der Waals surface area contributed by atoms with Gasteiger partial charge in [-0.3, -0.25) is 0 Å². The van der Waals surface area contributed by atoms with E-state index in [0.29, 0.717) is 19.6 Å². The van der Waals surface area contributed by atoms with E-state index in [-0.39, 0.29) is 6.03 Å². The van der Waals surface area contributed by atoms with E-state index < -0.39 is 5.60 Å². The van der Waals surface area contributed by atoms with Crippen LogP contribution in [0, 0.1) is 0 Å². The predicted molar refractivity (Wildman–Crippen MR) is 61.9 cm³/mol. The van der Waals surface area contributed by atoms with Crippen LogP contribution in [-0.2, 0) is 0 Å². The third-order valence-electron chi connectivity index (χ3n) is 2.05. The second kappa shape index (κ2) is 6.67. The highest BCUT2D eigenvalue weighted by Gasteiger charge is 2.20. The number of hydrogen-bond acceptors (Lipinski definition) is 2. The Morgan fingerprint density at radius 2 is 2.00 bits per heavy atom. The first kappa shape index (κ1) is 14.2. The van der Waals surface area contributed by atoms with Crippen LogP contribution in [0.15, 0.2) is 0 Å². The summed E-state index contributed by atoms with van der Waals surface area (Å²) in [4.78, 5) is 13.3. The molecular weight excluding hydrogens is 192 g/mol. The molecule has 0 atom stereocenters. The lowest BCUT2D eigenvalue weighted by molar-refractivity contribution is 0.0480. The summed E-state index contributed by atoms with van der Waals surface area (Å²) < 4.78 is 0. The van der Waals surface area contributed by atoms with Gasteiger partial charge in [0, 0.05) is 13.1 Å². The van der Waals surface area contributed by atoms with Gasteiger partial charge in [-0.2, -0.15) is 0 Å². The molecule has 0 aliphatic carbocycles. The Balaban J connectivity index is 4.00. The molecule has 0 unspecified atom stereocenters. The quantitative estimate of drug-likeness (QED) is 0.662. The van der Waals surface area contributed by atoms with E-state index >= 15 is 0 Å². The number of likely N-dealkylation sites (N-methyl/N-ethyl adjacent to an activating group) is 1. The van der Waals surface area contributed by atoms with E-state index in [4.69, 9.17) is 0 Å². The average Bonchev–Trinajstić information content (AvgIpc) is 2.13. The van der Waals surface area contributed by atoms with Crippen molar-refractivity contribution in [3.63, 3.8) is 0 Å². The summed E-state index contributed by atoms with van der Waals surface area (Å²) in [6.07, 6.45) is 2.06. The third kappa shape index (κ3) is 7.19.